The van der Waals surface area contributed by atoms with Crippen LogP contribution in [0, 0.1) is 5.41 Å². The number of carbonyl (C=O) groups is 3. The topological polar surface area (TPSA) is 148 Å². The van der Waals surface area contributed by atoms with Crippen LogP contribution in [0.15, 0.2) is 24.3 Å². The van der Waals surface area contributed by atoms with Crippen molar-refractivity contribution in [3.63, 3.8) is 0 Å². The van der Waals surface area contributed by atoms with E-state index in [2.05, 4.69) is 25.7 Å². The number of likely N-dealkylation sites (N-methyl/N-ethyl adjacent to an activating group) is 1. The van der Waals surface area contributed by atoms with Gasteiger partial charge in [0.25, 0.3) is 0 Å². The number of rotatable bonds is 6. The summed E-state index contributed by atoms with van der Waals surface area (Å²) in [5.41, 5.74) is -0.0286. The number of aliphatic carboxylic acids is 1. The maximum atomic E-state index is 12.2. The number of benzene rings is 1. The molecule has 178 valence electrons. The lowest BCUT2D eigenvalue weighted by atomic mass is 9.95. The van der Waals surface area contributed by atoms with Crippen LogP contribution >= 0.6 is 0 Å². The van der Waals surface area contributed by atoms with Gasteiger partial charge >= 0.3 is 12.1 Å². The molecule has 11 heteroatoms. The minimum Gasteiger partial charge on any atom is -0.480 e. The number of carboxylic acid groups (broad SMARTS) is 1. The predicted molar refractivity (Wildman–Crippen MR) is 120 cm³/mol. The van der Waals surface area contributed by atoms with E-state index >= 15 is 0 Å². The summed E-state index contributed by atoms with van der Waals surface area (Å²) in [4.78, 5) is 37.0. The summed E-state index contributed by atoms with van der Waals surface area (Å²) in [5.74, 6) is -1.04. The van der Waals surface area contributed by atoms with E-state index in [4.69, 9.17) is 4.74 Å². The third-order valence-corrected chi connectivity index (χ3v) is 4.41. The van der Waals surface area contributed by atoms with Gasteiger partial charge in [0.2, 0.25) is 11.7 Å². The van der Waals surface area contributed by atoms with E-state index in [1.165, 1.54) is 7.05 Å². The van der Waals surface area contributed by atoms with E-state index in [-0.39, 0.29) is 24.0 Å². The average Bonchev–Trinajstić information content (AvgIpc) is 2.70. The third kappa shape index (κ3) is 7.48. The first-order valence-corrected chi connectivity index (χ1v) is 10.3. The zero-order valence-corrected chi connectivity index (χ0v) is 19.9. The number of nitrogens with zero attached hydrogens (tertiary/aromatic N) is 5. The molecule has 0 radical (unpaired) electrons. The van der Waals surface area contributed by atoms with Gasteiger partial charge in [0.1, 0.15) is 11.6 Å². The van der Waals surface area contributed by atoms with Gasteiger partial charge in [-0.05, 0) is 45.0 Å². The van der Waals surface area contributed by atoms with Crippen molar-refractivity contribution in [2.45, 2.75) is 59.6 Å². The Balaban J connectivity index is 2.10. The SMILES string of the molecule is CN(C(=O)OC(C)(C)C)C(Cc1nnc(-c2ccc(NC(=O)C(C)(C)C)cc2)nn1)C(=O)O. The van der Waals surface area contributed by atoms with Crippen LogP contribution in [0.5, 0.6) is 0 Å². The van der Waals surface area contributed by atoms with Gasteiger partial charge in [0, 0.05) is 30.1 Å². The molecule has 1 atom stereocenters. The molecular formula is C22H30N6O5. The van der Waals surface area contributed by atoms with Crippen LogP contribution in [0.3, 0.4) is 0 Å². The molecule has 0 fully saturated rings. The zero-order chi connectivity index (χ0) is 25.0. The number of aromatic nitrogens is 4. The van der Waals surface area contributed by atoms with Crippen LogP contribution in [0.25, 0.3) is 11.4 Å². The first kappa shape index (κ1) is 25.6. The van der Waals surface area contributed by atoms with Gasteiger partial charge in [-0.25, -0.2) is 9.59 Å². The second-order valence-electron chi connectivity index (χ2n) is 9.57. The van der Waals surface area contributed by atoms with Crippen LogP contribution in [-0.2, 0) is 20.7 Å². The van der Waals surface area contributed by atoms with Gasteiger partial charge in [-0.3, -0.25) is 9.69 Å². The number of carbonyl (C=O) groups excluding carboxylic acids is 2. The van der Waals surface area contributed by atoms with Gasteiger partial charge < -0.3 is 15.2 Å². The van der Waals surface area contributed by atoms with Crippen molar-refractivity contribution in [1.29, 1.82) is 0 Å². The third-order valence-electron chi connectivity index (χ3n) is 4.41. The van der Waals surface area contributed by atoms with E-state index < -0.39 is 29.1 Å². The predicted octanol–water partition coefficient (Wildman–Crippen LogP) is 2.78. The molecule has 2 N–H and O–H groups in total. The highest BCUT2D eigenvalue weighted by Gasteiger charge is 2.31. The molecule has 0 bridgehead atoms. The molecule has 0 aliphatic rings. The molecule has 1 aromatic heterocycles. The summed E-state index contributed by atoms with van der Waals surface area (Å²) in [7, 11) is 1.34. The first-order chi connectivity index (χ1) is 15.2. The number of ether oxygens (including phenoxy) is 1. The van der Waals surface area contributed by atoms with Gasteiger partial charge in [0.15, 0.2) is 5.82 Å². The van der Waals surface area contributed by atoms with Gasteiger partial charge in [-0.1, -0.05) is 20.8 Å². The highest BCUT2D eigenvalue weighted by atomic mass is 16.6. The Kier molecular flexibility index (Phi) is 7.68. The van der Waals surface area contributed by atoms with Crippen LogP contribution in [-0.4, -0.2) is 67.1 Å². The minimum absolute atomic E-state index is 0.0654. The molecule has 2 aromatic rings. The molecule has 1 heterocycles. The fourth-order valence-electron chi connectivity index (χ4n) is 2.49. The standard InChI is InChI=1S/C22H30N6O5/c1-21(2,3)19(31)23-14-10-8-13(9-11-14)17-26-24-16(25-27-17)12-15(18(29)30)28(7)20(32)33-22(4,5)6/h8-11,15H,12H2,1-7H3,(H,23,31)(H,29,30). The van der Waals surface area contributed by atoms with Crippen molar-refractivity contribution in [3.8, 4) is 11.4 Å². The van der Waals surface area contributed by atoms with Gasteiger partial charge in [-0.2, -0.15) is 0 Å². The van der Waals surface area contributed by atoms with Crippen molar-refractivity contribution in [2.75, 3.05) is 12.4 Å². The second-order valence-corrected chi connectivity index (χ2v) is 9.57. The number of nitrogens with one attached hydrogen (secondary N) is 1. The van der Waals surface area contributed by atoms with E-state index in [9.17, 15) is 19.5 Å². The number of hydrogen-bond acceptors (Lipinski definition) is 8. The summed E-state index contributed by atoms with van der Waals surface area (Å²) in [5, 5.41) is 28.3. The van der Waals surface area contributed by atoms with Gasteiger partial charge in [0.05, 0.1) is 0 Å². The number of anilines is 1. The van der Waals surface area contributed by atoms with Crippen molar-refractivity contribution < 1.29 is 24.2 Å². The molecule has 0 saturated heterocycles. The highest BCUT2D eigenvalue weighted by Crippen LogP contribution is 2.20. The molecule has 2 rings (SSSR count). The average molecular weight is 459 g/mol. The zero-order valence-electron chi connectivity index (χ0n) is 19.9. The Morgan fingerprint density at radius 1 is 1.00 bits per heavy atom. The van der Waals surface area contributed by atoms with E-state index in [0.29, 0.717) is 11.3 Å². The van der Waals surface area contributed by atoms with Crippen molar-refractivity contribution >= 4 is 23.7 Å². The summed E-state index contributed by atoms with van der Waals surface area (Å²) >= 11 is 0. The van der Waals surface area contributed by atoms with Crippen molar-refractivity contribution in [2.24, 2.45) is 5.41 Å². The molecule has 0 saturated carbocycles. The fraction of sp³-hybridized carbons (Fsp3) is 0.500. The van der Waals surface area contributed by atoms with Crippen LogP contribution in [0.4, 0.5) is 10.5 Å². The molecule has 0 spiro atoms. The summed E-state index contributed by atoms with van der Waals surface area (Å²) in [6.45, 7) is 10.5. The van der Waals surface area contributed by atoms with Crippen LogP contribution in [0.1, 0.15) is 47.4 Å². The van der Waals surface area contributed by atoms with E-state index in [0.717, 1.165) is 4.90 Å². The molecule has 0 aliphatic heterocycles. The van der Waals surface area contributed by atoms with Crippen molar-refractivity contribution in [3.05, 3.63) is 30.1 Å². The smallest absolute Gasteiger partial charge is 0.410 e. The summed E-state index contributed by atoms with van der Waals surface area (Å²) < 4.78 is 5.22. The molecule has 11 nitrogen and oxygen atoms in total. The Labute approximate surface area is 192 Å². The summed E-state index contributed by atoms with van der Waals surface area (Å²) in [6.07, 6.45) is -0.963. The largest absolute Gasteiger partial charge is 0.480 e. The monoisotopic (exact) mass is 458 g/mol. The summed E-state index contributed by atoms with van der Waals surface area (Å²) in [6, 6.07) is 5.61. The number of carboxylic acids is 1. The molecule has 0 aliphatic carbocycles. The van der Waals surface area contributed by atoms with Crippen LogP contribution < -0.4 is 5.32 Å². The fourth-order valence-corrected chi connectivity index (χ4v) is 2.49. The molecule has 33 heavy (non-hydrogen) atoms. The van der Waals surface area contributed by atoms with Gasteiger partial charge in [-0.15, -0.1) is 20.4 Å². The first-order valence-electron chi connectivity index (χ1n) is 10.3. The maximum absolute atomic E-state index is 12.2. The quantitative estimate of drug-likeness (QED) is 0.666. The Morgan fingerprint density at radius 3 is 2.00 bits per heavy atom. The maximum Gasteiger partial charge on any atom is 0.410 e. The molecule has 1 unspecified atom stereocenters. The Bertz CT molecular complexity index is 994. The lowest BCUT2D eigenvalue weighted by Gasteiger charge is -2.28. The highest BCUT2D eigenvalue weighted by molar-refractivity contribution is 5.94. The Morgan fingerprint density at radius 2 is 1.55 bits per heavy atom. The molecule has 1 aromatic carbocycles. The van der Waals surface area contributed by atoms with Crippen molar-refractivity contribution in [1.82, 2.24) is 25.3 Å². The Hall–Kier alpha value is -3.63. The number of hydrogen-bond donors (Lipinski definition) is 2. The molecule has 2 amide bonds. The normalized spacial score (nSPS) is 12.6. The van der Waals surface area contributed by atoms with E-state index in [1.807, 2.05) is 20.8 Å². The second kappa shape index (κ2) is 9.88. The lowest BCUT2D eigenvalue weighted by Crippen LogP contribution is -2.46. The minimum atomic E-state index is -1.25. The molecular weight excluding hydrogens is 428 g/mol. The van der Waals surface area contributed by atoms with Crippen LogP contribution in [0.2, 0.25) is 0 Å². The number of amides is 2. The lowest BCUT2D eigenvalue weighted by molar-refractivity contribution is -0.142. The van der Waals surface area contributed by atoms with E-state index in [1.54, 1.807) is 45.0 Å².